The summed E-state index contributed by atoms with van der Waals surface area (Å²) in [6.45, 7) is 4.15. The van der Waals surface area contributed by atoms with E-state index in [1.807, 2.05) is 6.07 Å². The first kappa shape index (κ1) is 16.5. The van der Waals surface area contributed by atoms with Gasteiger partial charge < -0.3 is 5.32 Å². The topological polar surface area (TPSA) is 32.3 Å². The van der Waals surface area contributed by atoms with Crippen molar-refractivity contribution in [2.75, 3.05) is 19.6 Å². The van der Waals surface area contributed by atoms with Crippen LogP contribution in [0.3, 0.4) is 0 Å². The summed E-state index contributed by atoms with van der Waals surface area (Å²) in [5.74, 6) is 0.0329. The number of hydrogen-bond donors (Lipinski definition) is 1. The van der Waals surface area contributed by atoms with Crippen LogP contribution in [-0.4, -0.2) is 30.4 Å². The smallest absolute Gasteiger partial charge is 0.216 e. The number of rotatable bonds is 5. The number of benzene rings is 2. The lowest BCUT2D eigenvalue weighted by Gasteiger charge is -2.25. The average molecular weight is 320 g/mol. The molecule has 0 aliphatic carbocycles. The molecule has 2 aromatic rings. The first-order valence-electron chi connectivity index (χ1n) is 8.53. The molecule has 1 N–H and O–H groups in total. The molecule has 1 atom stereocenters. The Morgan fingerprint density at radius 3 is 2.46 bits per heavy atom. The highest BCUT2D eigenvalue weighted by Crippen LogP contribution is 2.37. The number of amides is 1. The van der Waals surface area contributed by atoms with Crippen LogP contribution < -0.4 is 5.32 Å². The molecule has 3 rings (SSSR count). The number of hydrogen-bond acceptors (Lipinski definition) is 2. The van der Waals surface area contributed by atoms with Crippen LogP contribution in [0.4, 0.5) is 0 Å². The molecule has 1 saturated heterocycles. The van der Waals surface area contributed by atoms with Gasteiger partial charge in [-0.05, 0) is 23.1 Å². The van der Waals surface area contributed by atoms with E-state index in [9.17, 15) is 4.79 Å². The van der Waals surface area contributed by atoms with Crippen LogP contribution in [0.2, 0.25) is 0 Å². The van der Waals surface area contributed by atoms with Gasteiger partial charge in [-0.2, -0.15) is 0 Å². The zero-order chi connectivity index (χ0) is 16.8. The largest absolute Gasteiger partial charge is 0.355 e. The zero-order valence-corrected chi connectivity index (χ0v) is 14.1. The summed E-state index contributed by atoms with van der Waals surface area (Å²) in [5, 5.41) is 2.91. The monoisotopic (exact) mass is 320 g/mol. The first-order valence-corrected chi connectivity index (χ1v) is 8.53. The van der Waals surface area contributed by atoms with Gasteiger partial charge in [0.25, 0.3) is 0 Å². The van der Waals surface area contributed by atoms with Crippen molar-refractivity contribution >= 4 is 12.0 Å². The fraction of sp³-hybridized carbons (Fsp3) is 0.286. The lowest BCUT2D eigenvalue weighted by molar-refractivity contribution is -0.119. The molecule has 0 saturated carbocycles. The van der Waals surface area contributed by atoms with Gasteiger partial charge in [0.15, 0.2) is 0 Å². The molecular formula is C21H24N2O. The van der Waals surface area contributed by atoms with E-state index in [0.29, 0.717) is 12.6 Å². The molecule has 0 aromatic heterocycles. The first-order chi connectivity index (χ1) is 11.7. The second-order valence-electron chi connectivity index (χ2n) is 6.21. The Kier molecular flexibility index (Phi) is 5.44. The summed E-state index contributed by atoms with van der Waals surface area (Å²) in [5.41, 5.74) is 4.01. The van der Waals surface area contributed by atoms with E-state index in [4.69, 9.17) is 0 Å². The van der Waals surface area contributed by atoms with Crippen LogP contribution in [0.25, 0.3) is 6.08 Å². The van der Waals surface area contributed by atoms with E-state index in [1.165, 1.54) is 16.7 Å². The fourth-order valence-electron chi connectivity index (χ4n) is 3.36. The third-order valence-corrected chi connectivity index (χ3v) is 4.44. The maximum absolute atomic E-state index is 11.1. The van der Waals surface area contributed by atoms with Crippen molar-refractivity contribution in [2.45, 2.75) is 19.4 Å². The Morgan fingerprint density at radius 1 is 1.12 bits per heavy atom. The lowest BCUT2D eigenvalue weighted by Crippen LogP contribution is -2.33. The maximum atomic E-state index is 11.1. The molecule has 1 amide bonds. The fourth-order valence-corrected chi connectivity index (χ4v) is 3.36. The van der Waals surface area contributed by atoms with Gasteiger partial charge in [-0.15, -0.1) is 0 Å². The van der Waals surface area contributed by atoms with E-state index < -0.39 is 0 Å². The van der Waals surface area contributed by atoms with E-state index in [-0.39, 0.29) is 5.91 Å². The molecule has 3 heteroatoms. The van der Waals surface area contributed by atoms with Gasteiger partial charge in [0.05, 0.1) is 6.04 Å². The molecule has 0 radical (unpaired) electrons. The van der Waals surface area contributed by atoms with Crippen molar-refractivity contribution in [1.82, 2.24) is 10.2 Å². The van der Waals surface area contributed by atoms with Crippen molar-refractivity contribution in [2.24, 2.45) is 0 Å². The number of nitrogens with one attached hydrogen (secondary N) is 1. The molecule has 2 aromatic carbocycles. The van der Waals surface area contributed by atoms with Gasteiger partial charge in [0.2, 0.25) is 5.91 Å². The van der Waals surface area contributed by atoms with E-state index in [2.05, 4.69) is 70.9 Å². The van der Waals surface area contributed by atoms with E-state index in [1.54, 1.807) is 6.92 Å². The molecule has 3 nitrogen and oxygen atoms in total. The van der Waals surface area contributed by atoms with Crippen LogP contribution in [0.5, 0.6) is 0 Å². The van der Waals surface area contributed by atoms with Gasteiger partial charge in [-0.3, -0.25) is 9.69 Å². The predicted molar refractivity (Wildman–Crippen MR) is 98.5 cm³/mol. The van der Waals surface area contributed by atoms with Gasteiger partial charge in [-0.1, -0.05) is 66.7 Å². The summed E-state index contributed by atoms with van der Waals surface area (Å²) in [6.07, 6.45) is 3.38. The van der Waals surface area contributed by atoms with Crippen molar-refractivity contribution in [3.8, 4) is 0 Å². The van der Waals surface area contributed by atoms with Crippen LogP contribution >= 0.6 is 0 Å². The Bertz CT molecular complexity index is 694. The Morgan fingerprint density at radius 2 is 1.79 bits per heavy atom. The maximum Gasteiger partial charge on any atom is 0.216 e. The summed E-state index contributed by atoms with van der Waals surface area (Å²) < 4.78 is 0. The highest BCUT2D eigenvalue weighted by Gasteiger charge is 2.29. The van der Waals surface area contributed by atoms with Gasteiger partial charge >= 0.3 is 0 Å². The van der Waals surface area contributed by atoms with Crippen molar-refractivity contribution in [1.29, 1.82) is 0 Å². The molecule has 1 fully saturated rings. The zero-order valence-electron chi connectivity index (χ0n) is 14.1. The summed E-state index contributed by atoms with van der Waals surface area (Å²) >= 11 is 0. The molecule has 1 unspecified atom stereocenters. The Balaban J connectivity index is 1.83. The summed E-state index contributed by atoms with van der Waals surface area (Å²) in [6, 6.07) is 21.4. The predicted octanol–water partition coefficient (Wildman–Crippen LogP) is 3.65. The molecule has 1 aliphatic heterocycles. The van der Waals surface area contributed by atoms with Crippen molar-refractivity contribution in [3.63, 3.8) is 0 Å². The number of carbonyl (C=O) groups is 1. The molecule has 24 heavy (non-hydrogen) atoms. The van der Waals surface area contributed by atoms with E-state index in [0.717, 1.165) is 19.5 Å². The van der Waals surface area contributed by atoms with Gasteiger partial charge in [-0.25, -0.2) is 0 Å². The molecule has 1 aliphatic rings. The SMILES string of the molecule is CC(=O)NCCN1CC/C(=C\c2ccccc2)C1c1ccccc1. The second kappa shape index (κ2) is 7.93. The van der Waals surface area contributed by atoms with Crippen molar-refractivity contribution in [3.05, 3.63) is 77.4 Å². The molecule has 0 spiro atoms. The van der Waals surface area contributed by atoms with E-state index >= 15 is 0 Å². The highest BCUT2D eigenvalue weighted by molar-refractivity contribution is 5.72. The molecule has 0 bridgehead atoms. The summed E-state index contributed by atoms with van der Waals surface area (Å²) in [4.78, 5) is 13.6. The Hall–Kier alpha value is -2.39. The quantitative estimate of drug-likeness (QED) is 0.912. The molecule has 124 valence electrons. The standard InChI is InChI=1S/C21H24N2O/c1-17(24)22-13-15-23-14-12-20(16-18-8-4-2-5-9-18)21(23)19-10-6-3-7-11-19/h2-11,16,21H,12-15H2,1H3,(H,22,24)/b20-16+. The molecular weight excluding hydrogens is 296 g/mol. The Labute approximate surface area is 144 Å². The average Bonchev–Trinajstić information content (AvgIpc) is 2.99. The van der Waals surface area contributed by atoms with Gasteiger partial charge in [0.1, 0.15) is 0 Å². The minimum atomic E-state index is 0.0329. The highest BCUT2D eigenvalue weighted by atomic mass is 16.1. The summed E-state index contributed by atoms with van der Waals surface area (Å²) in [7, 11) is 0. The second-order valence-corrected chi connectivity index (χ2v) is 6.21. The minimum Gasteiger partial charge on any atom is -0.355 e. The minimum absolute atomic E-state index is 0.0329. The lowest BCUT2D eigenvalue weighted by atomic mass is 9.97. The number of carbonyl (C=O) groups excluding carboxylic acids is 1. The van der Waals surface area contributed by atoms with Crippen LogP contribution in [0, 0.1) is 0 Å². The number of nitrogens with zero attached hydrogens (tertiary/aromatic N) is 1. The normalized spacial score (nSPS) is 19.5. The van der Waals surface area contributed by atoms with Crippen LogP contribution in [0.1, 0.15) is 30.5 Å². The van der Waals surface area contributed by atoms with Gasteiger partial charge in [0, 0.05) is 26.6 Å². The number of likely N-dealkylation sites (tertiary alicyclic amines) is 1. The van der Waals surface area contributed by atoms with Crippen LogP contribution in [0.15, 0.2) is 66.2 Å². The third-order valence-electron chi connectivity index (χ3n) is 4.44. The third kappa shape index (κ3) is 4.12. The van der Waals surface area contributed by atoms with Crippen molar-refractivity contribution < 1.29 is 4.79 Å². The van der Waals surface area contributed by atoms with Crippen LogP contribution in [-0.2, 0) is 4.79 Å². The molecule has 1 heterocycles.